The van der Waals surface area contributed by atoms with Crippen LogP contribution in [0.2, 0.25) is 0 Å². The van der Waals surface area contributed by atoms with E-state index in [2.05, 4.69) is 19.1 Å². The maximum absolute atomic E-state index is 12.0. The predicted octanol–water partition coefficient (Wildman–Crippen LogP) is 3.67. The topological polar surface area (TPSA) is 26.3 Å². The standard InChI is InChI=1S/C16H20O2/c1-12-5-7-13(8-6-12)18-15-11-14(17)16(15)9-3-2-4-10-16/h5-8,15H,2-4,9-11H2,1H3. The second kappa shape index (κ2) is 4.42. The molecule has 1 atom stereocenters. The molecule has 0 amide bonds. The van der Waals surface area contributed by atoms with E-state index < -0.39 is 0 Å². The van der Waals surface area contributed by atoms with Crippen molar-refractivity contribution in [3.8, 4) is 5.75 Å². The van der Waals surface area contributed by atoms with Crippen molar-refractivity contribution in [2.75, 3.05) is 0 Å². The van der Waals surface area contributed by atoms with Gasteiger partial charge >= 0.3 is 0 Å². The Labute approximate surface area is 108 Å². The van der Waals surface area contributed by atoms with Gasteiger partial charge in [-0.2, -0.15) is 0 Å². The molecule has 2 nitrogen and oxygen atoms in total. The first-order valence-electron chi connectivity index (χ1n) is 6.97. The van der Waals surface area contributed by atoms with Gasteiger partial charge in [0, 0.05) is 6.42 Å². The molecule has 0 N–H and O–H groups in total. The molecule has 0 radical (unpaired) electrons. The van der Waals surface area contributed by atoms with Crippen LogP contribution in [0.15, 0.2) is 24.3 Å². The highest BCUT2D eigenvalue weighted by molar-refractivity contribution is 5.92. The highest BCUT2D eigenvalue weighted by Gasteiger charge is 2.56. The van der Waals surface area contributed by atoms with Crippen molar-refractivity contribution in [2.45, 2.75) is 51.6 Å². The Bertz CT molecular complexity index is 441. The van der Waals surface area contributed by atoms with E-state index in [1.165, 1.54) is 24.8 Å². The van der Waals surface area contributed by atoms with Crippen molar-refractivity contribution in [2.24, 2.45) is 5.41 Å². The van der Waals surface area contributed by atoms with E-state index in [9.17, 15) is 4.79 Å². The number of carbonyl (C=O) groups is 1. The fourth-order valence-electron chi connectivity index (χ4n) is 3.33. The monoisotopic (exact) mass is 244 g/mol. The van der Waals surface area contributed by atoms with Gasteiger partial charge in [0.05, 0.1) is 5.41 Å². The molecule has 2 fully saturated rings. The second-order valence-corrected chi connectivity index (χ2v) is 5.76. The SMILES string of the molecule is Cc1ccc(OC2CC(=O)C23CCCCC3)cc1. The smallest absolute Gasteiger partial charge is 0.146 e. The third-order valence-electron chi connectivity index (χ3n) is 4.59. The van der Waals surface area contributed by atoms with Gasteiger partial charge in [-0.25, -0.2) is 0 Å². The molecule has 0 saturated heterocycles. The molecule has 2 heteroatoms. The average molecular weight is 244 g/mol. The van der Waals surface area contributed by atoms with Crippen LogP contribution in [0.5, 0.6) is 5.75 Å². The van der Waals surface area contributed by atoms with Crippen molar-refractivity contribution < 1.29 is 9.53 Å². The van der Waals surface area contributed by atoms with Crippen LogP contribution in [0.25, 0.3) is 0 Å². The van der Waals surface area contributed by atoms with Crippen molar-refractivity contribution in [1.82, 2.24) is 0 Å². The molecular formula is C16H20O2. The Hall–Kier alpha value is -1.31. The highest BCUT2D eigenvalue weighted by atomic mass is 16.5. The van der Waals surface area contributed by atoms with Gasteiger partial charge in [0.1, 0.15) is 17.6 Å². The van der Waals surface area contributed by atoms with E-state index in [4.69, 9.17) is 4.74 Å². The van der Waals surface area contributed by atoms with Gasteiger partial charge in [-0.3, -0.25) is 4.79 Å². The van der Waals surface area contributed by atoms with Crippen LogP contribution in [0, 0.1) is 12.3 Å². The van der Waals surface area contributed by atoms with Crippen LogP contribution in [0.4, 0.5) is 0 Å². The molecule has 3 rings (SSSR count). The number of hydrogen-bond donors (Lipinski definition) is 0. The van der Waals surface area contributed by atoms with Crippen LogP contribution in [-0.4, -0.2) is 11.9 Å². The number of aryl methyl sites for hydroxylation is 1. The maximum atomic E-state index is 12.0. The quantitative estimate of drug-likeness (QED) is 0.793. The van der Waals surface area contributed by atoms with Crippen LogP contribution in [-0.2, 0) is 4.79 Å². The zero-order valence-corrected chi connectivity index (χ0v) is 10.9. The Morgan fingerprint density at radius 1 is 1.11 bits per heavy atom. The van der Waals surface area contributed by atoms with Crippen molar-refractivity contribution in [3.05, 3.63) is 29.8 Å². The molecule has 96 valence electrons. The third kappa shape index (κ3) is 1.84. The van der Waals surface area contributed by atoms with E-state index in [0.29, 0.717) is 12.2 Å². The van der Waals surface area contributed by atoms with E-state index in [1.807, 2.05) is 12.1 Å². The predicted molar refractivity (Wildman–Crippen MR) is 70.7 cm³/mol. The first kappa shape index (κ1) is 11.8. The Morgan fingerprint density at radius 2 is 1.78 bits per heavy atom. The van der Waals surface area contributed by atoms with E-state index >= 15 is 0 Å². The minimum absolute atomic E-state index is 0.119. The lowest BCUT2D eigenvalue weighted by Gasteiger charge is -2.49. The lowest BCUT2D eigenvalue weighted by atomic mass is 9.57. The molecule has 18 heavy (non-hydrogen) atoms. The molecule has 2 aliphatic carbocycles. The molecule has 2 saturated carbocycles. The molecule has 2 aliphatic rings. The molecule has 1 spiro atoms. The maximum Gasteiger partial charge on any atom is 0.146 e. The summed E-state index contributed by atoms with van der Waals surface area (Å²) in [6.07, 6.45) is 6.41. The van der Waals surface area contributed by atoms with Gasteiger partial charge in [0.2, 0.25) is 0 Å². The van der Waals surface area contributed by atoms with Gasteiger partial charge in [0.25, 0.3) is 0 Å². The van der Waals surface area contributed by atoms with Crippen LogP contribution >= 0.6 is 0 Å². The van der Waals surface area contributed by atoms with Gasteiger partial charge < -0.3 is 4.74 Å². The number of ketones is 1. The first-order valence-corrected chi connectivity index (χ1v) is 6.97. The summed E-state index contributed by atoms with van der Waals surface area (Å²) in [5.74, 6) is 1.34. The van der Waals surface area contributed by atoms with Crippen LogP contribution < -0.4 is 4.74 Å². The zero-order chi connectivity index (χ0) is 12.6. The highest BCUT2D eigenvalue weighted by Crippen LogP contribution is 2.50. The van der Waals surface area contributed by atoms with E-state index in [0.717, 1.165) is 18.6 Å². The number of ether oxygens (including phenoxy) is 1. The largest absolute Gasteiger partial charge is 0.489 e. The van der Waals surface area contributed by atoms with Crippen molar-refractivity contribution in [1.29, 1.82) is 0 Å². The molecule has 1 aromatic rings. The summed E-state index contributed by atoms with van der Waals surface area (Å²) in [6, 6.07) is 8.13. The van der Waals surface area contributed by atoms with Gasteiger partial charge in [0.15, 0.2) is 0 Å². The second-order valence-electron chi connectivity index (χ2n) is 5.76. The normalized spacial score (nSPS) is 25.8. The van der Waals surface area contributed by atoms with Crippen molar-refractivity contribution in [3.63, 3.8) is 0 Å². The number of Topliss-reactive ketones (excluding diaryl/α,β-unsaturated/α-hetero) is 1. The lowest BCUT2D eigenvalue weighted by Crippen LogP contribution is -2.57. The molecule has 0 aromatic heterocycles. The number of rotatable bonds is 2. The summed E-state index contributed by atoms with van der Waals surface area (Å²) in [5, 5.41) is 0. The molecule has 1 aromatic carbocycles. The Balaban J connectivity index is 1.73. The summed E-state index contributed by atoms with van der Waals surface area (Å²) in [7, 11) is 0. The van der Waals surface area contributed by atoms with Crippen LogP contribution in [0.1, 0.15) is 44.1 Å². The zero-order valence-electron chi connectivity index (χ0n) is 10.9. The van der Waals surface area contributed by atoms with Crippen molar-refractivity contribution >= 4 is 5.78 Å². The number of hydrogen-bond acceptors (Lipinski definition) is 2. The Morgan fingerprint density at radius 3 is 2.39 bits per heavy atom. The molecule has 1 unspecified atom stereocenters. The summed E-state index contributed by atoms with van der Waals surface area (Å²) in [6.45, 7) is 2.07. The lowest BCUT2D eigenvalue weighted by molar-refractivity contribution is -0.156. The minimum Gasteiger partial charge on any atom is -0.489 e. The molecule has 0 aliphatic heterocycles. The molecule has 0 bridgehead atoms. The molecule has 0 heterocycles. The van der Waals surface area contributed by atoms with E-state index in [1.54, 1.807) is 0 Å². The summed E-state index contributed by atoms with van der Waals surface area (Å²) < 4.78 is 6.05. The number of benzene rings is 1. The fourth-order valence-corrected chi connectivity index (χ4v) is 3.33. The number of carbonyl (C=O) groups excluding carboxylic acids is 1. The fraction of sp³-hybridized carbons (Fsp3) is 0.562. The summed E-state index contributed by atoms with van der Waals surface area (Å²) in [4.78, 5) is 12.0. The summed E-state index contributed by atoms with van der Waals surface area (Å²) in [5.41, 5.74) is 1.10. The first-order chi connectivity index (χ1) is 8.71. The van der Waals surface area contributed by atoms with E-state index in [-0.39, 0.29) is 11.5 Å². The summed E-state index contributed by atoms with van der Waals surface area (Å²) >= 11 is 0. The van der Waals surface area contributed by atoms with Gasteiger partial charge in [-0.15, -0.1) is 0 Å². The Kier molecular flexibility index (Phi) is 2.89. The van der Waals surface area contributed by atoms with Gasteiger partial charge in [-0.1, -0.05) is 37.0 Å². The van der Waals surface area contributed by atoms with Gasteiger partial charge in [-0.05, 0) is 31.9 Å². The van der Waals surface area contributed by atoms with Crippen LogP contribution in [0.3, 0.4) is 0 Å². The third-order valence-corrected chi connectivity index (χ3v) is 4.59. The minimum atomic E-state index is -0.136. The average Bonchev–Trinajstić information content (AvgIpc) is 2.42. The molecular weight excluding hydrogens is 224 g/mol.